The number of hydrogen-bond donors (Lipinski definition) is 1. The Morgan fingerprint density at radius 1 is 1.57 bits per heavy atom. The molecule has 0 aliphatic rings. The molecule has 80 valence electrons. The van der Waals surface area contributed by atoms with Gasteiger partial charge < -0.3 is 10.1 Å². The van der Waals surface area contributed by atoms with Gasteiger partial charge in [0.25, 0.3) is 0 Å². The van der Waals surface area contributed by atoms with Crippen LogP contribution < -0.4 is 10.1 Å². The molecule has 0 fully saturated rings. The SMILES string of the molecule is CCCn1ncc(OC)c1CCNC. The van der Waals surface area contributed by atoms with Crippen LogP contribution in [0.2, 0.25) is 0 Å². The molecule has 0 saturated carbocycles. The van der Waals surface area contributed by atoms with E-state index in [0.717, 1.165) is 31.7 Å². The van der Waals surface area contributed by atoms with Gasteiger partial charge >= 0.3 is 0 Å². The van der Waals surface area contributed by atoms with E-state index in [9.17, 15) is 0 Å². The van der Waals surface area contributed by atoms with Gasteiger partial charge in [-0.1, -0.05) is 6.92 Å². The van der Waals surface area contributed by atoms with Crippen LogP contribution in [0.4, 0.5) is 0 Å². The van der Waals surface area contributed by atoms with Crippen LogP contribution in [0, 0.1) is 0 Å². The maximum absolute atomic E-state index is 5.26. The van der Waals surface area contributed by atoms with Crippen LogP contribution in [0.3, 0.4) is 0 Å². The Kier molecular flexibility index (Phi) is 4.46. The summed E-state index contributed by atoms with van der Waals surface area (Å²) in [6.07, 6.45) is 3.84. The summed E-state index contributed by atoms with van der Waals surface area (Å²) >= 11 is 0. The molecular weight excluding hydrogens is 178 g/mol. The standard InChI is InChI=1S/C10H19N3O/c1-4-7-13-9(5-6-11-2)10(14-3)8-12-13/h8,11H,4-7H2,1-3H3. The van der Waals surface area contributed by atoms with Crippen molar-refractivity contribution in [2.45, 2.75) is 26.3 Å². The van der Waals surface area contributed by atoms with Gasteiger partial charge in [-0.3, -0.25) is 4.68 Å². The monoisotopic (exact) mass is 197 g/mol. The van der Waals surface area contributed by atoms with Crippen molar-refractivity contribution in [3.63, 3.8) is 0 Å². The Balaban J connectivity index is 2.76. The minimum absolute atomic E-state index is 0.897. The summed E-state index contributed by atoms with van der Waals surface area (Å²) in [7, 11) is 3.64. The van der Waals surface area contributed by atoms with E-state index in [1.54, 1.807) is 13.3 Å². The molecule has 0 atom stereocenters. The van der Waals surface area contributed by atoms with Gasteiger partial charge in [0.2, 0.25) is 0 Å². The number of nitrogens with one attached hydrogen (secondary N) is 1. The van der Waals surface area contributed by atoms with Crippen molar-refractivity contribution in [2.75, 3.05) is 20.7 Å². The first-order valence-electron chi connectivity index (χ1n) is 5.06. The summed E-state index contributed by atoms with van der Waals surface area (Å²) in [5.41, 5.74) is 1.18. The van der Waals surface area contributed by atoms with Crippen LogP contribution in [-0.4, -0.2) is 30.5 Å². The molecule has 0 unspecified atom stereocenters. The van der Waals surface area contributed by atoms with E-state index in [4.69, 9.17) is 4.74 Å². The molecule has 0 aromatic carbocycles. The highest BCUT2D eigenvalue weighted by Gasteiger charge is 2.09. The molecule has 0 bridgehead atoms. The average Bonchev–Trinajstić information content (AvgIpc) is 2.58. The predicted octanol–water partition coefficient (Wildman–Crippen LogP) is 1.06. The fraction of sp³-hybridized carbons (Fsp3) is 0.700. The van der Waals surface area contributed by atoms with Crippen molar-refractivity contribution in [2.24, 2.45) is 0 Å². The predicted molar refractivity (Wildman–Crippen MR) is 56.7 cm³/mol. The molecule has 1 aromatic rings. The van der Waals surface area contributed by atoms with Crippen molar-refractivity contribution in [1.29, 1.82) is 0 Å². The molecule has 4 heteroatoms. The van der Waals surface area contributed by atoms with Crippen LogP contribution in [0.1, 0.15) is 19.0 Å². The van der Waals surface area contributed by atoms with Crippen LogP contribution in [0.15, 0.2) is 6.20 Å². The Morgan fingerprint density at radius 3 is 2.93 bits per heavy atom. The van der Waals surface area contributed by atoms with Crippen molar-refractivity contribution >= 4 is 0 Å². The summed E-state index contributed by atoms with van der Waals surface area (Å²) in [5, 5.41) is 7.42. The van der Waals surface area contributed by atoms with Crippen molar-refractivity contribution in [3.8, 4) is 5.75 Å². The molecule has 0 amide bonds. The third kappa shape index (κ3) is 2.48. The van der Waals surface area contributed by atoms with Crippen molar-refractivity contribution < 1.29 is 4.74 Å². The number of aromatic nitrogens is 2. The van der Waals surface area contributed by atoms with Crippen LogP contribution in [0.5, 0.6) is 5.75 Å². The molecule has 0 aliphatic heterocycles. The lowest BCUT2D eigenvalue weighted by Gasteiger charge is -2.07. The summed E-state index contributed by atoms with van der Waals surface area (Å²) in [6.45, 7) is 4.06. The maximum Gasteiger partial charge on any atom is 0.159 e. The molecule has 0 saturated heterocycles. The lowest BCUT2D eigenvalue weighted by atomic mass is 10.3. The highest BCUT2D eigenvalue weighted by atomic mass is 16.5. The van der Waals surface area contributed by atoms with Crippen molar-refractivity contribution in [1.82, 2.24) is 15.1 Å². The number of hydrogen-bond acceptors (Lipinski definition) is 3. The molecule has 14 heavy (non-hydrogen) atoms. The van der Waals surface area contributed by atoms with E-state index in [0.29, 0.717) is 0 Å². The van der Waals surface area contributed by atoms with Gasteiger partial charge in [-0.2, -0.15) is 5.10 Å². The van der Waals surface area contributed by atoms with Gasteiger partial charge in [-0.15, -0.1) is 0 Å². The first-order chi connectivity index (χ1) is 6.83. The minimum atomic E-state index is 0.897. The first kappa shape index (κ1) is 11.0. The van der Waals surface area contributed by atoms with Gasteiger partial charge in [0.15, 0.2) is 5.75 Å². The minimum Gasteiger partial charge on any atom is -0.493 e. The highest BCUT2D eigenvalue weighted by molar-refractivity contribution is 5.25. The van der Waals surface area contributed by atoms with Crippen LogP contribution in [0.25, 0.3) is 0 Å². The lowest BCUT2D eigenvalue weighted by molar-refractivity contribution is 0.406. The van der Waals surface area contributed by atoms with Gasteiger partial charge in [0.1, 0.15) is 0 Å². The fourth-order valence-electron chi connectivity index (χ4n) is 1.46. The topological polar surface area (TPSA) is 39.1 Å². The van der Waals surface area contributed by atoms with Crippen molar-refractivity contribution in [3.05, 3.63) is 11.9 Å². The van der Waals surface area contributed by atoms with E-state index in [-0.39, 0.29) is 0 Å². The number of likely N-dealkylation sites (N-methyl/N-ethyl adjacent to an activating group) is 1. The van der Waals surface area contributed by atoms with Gasteiger partial charge in [-0.05, 0) is 13.5 Å². The first-order valence-corrected chi connectivity index (χ1v) is 5.06. The Morgan fingerprint density at radius 2 is 2.36 bits per heavy atom. The largest absolute Gasteiger partial charge is 0.493 e. The third-order valence-electron chi connectivity index (χ3n) is 2.18. The van der Waals surface area contributed by atoms with E-state index in [1.165, 1.54) is 5.69 Å². The zero-order valence-corrected chi connectivity index (χ0v) is 9.21. The molecule has 1 heterocycles. The molecular formula is C10H19N3O. The number of methoxy groups -OCH3 is 1. The third-order valence-corrected chi connectivity index (χ3v) is 2.18. The lowest BCUT2D eigenvalue weighted by Crippen LogP contribution is -2.14. The van der Waals surface area contributed by atoms with Crippen LogP contribution >= 0.6 is 0 Å². The highest BCUT2D eigenvalue weighted by Crippen LogP contribution is 2.17. The van der Waals surface area contributed by atoms with E-state index >= 15 is 0 Å². The quantitative estimate of drug-likeness (QED) is 0.741. The summed E-state index contributed by atoms with van der Waals surface area (Å²) in [5.74, 6) is 0.897. The molecule has 1 rings (SSSR count). The summed E-state index contributed by atoms with van der Waals surface area (Å²) < 4.78 is 7.28. The molecule has 4 nitrogen and oxygen atoms in total. The molecule has 0 aliphatic carbocycles. The number of ether oxygens (including phenoxy) is 1. The normalized spacial score (nSPS) is 10.5. The van der Waals surface area contributed by atoms with Gasteiger partial charge in [0, 0.05) is 19.5 Å². The zero-order valence-electron chi connectivity index (χ0n) is 9.21. The molecule has 0 spiro atoms. The second-order valence-electron chi connectivity index (χ2n) is 3.24. The fourth-order valence-corrected chi connectivity index (χ4v) is 1.46. The smallest absolute Gasteiger partial charge is 0.159 e. The Bertz CT molecular complexity index is 270. The number of aryl methyl sites for hydroxylation is 1. The second-order valence-corrected chi connectivity index (χ2v) is 3.24. The van der Waals surface area contributed by atoms with E-state index < -0.39 is 0 Å². The van der Waals surface area contributed by atoms with E-state index in [2.05, 4.69) is 17.3 Å². The number of nitrogens with zero attached hydrogens (tertiary/aromatic N) is 2. The zero-order chi connectivity index (χ0) is 10.4. The van der Waals surface area contributed by atoms with Crippen LogP contribution in [-0.2, 0) is 13.0 Å². The van der Waals surface area contributed by atoms with Gasteiger partial charge in [-0.25, -0.2) is 0 Å². The second kappa shape index (κ2) is 5.65. The molecule has 1 aromatic heterocycles. The van der Waals surface area contributed by atoms with E-state index in [1.807, 2.05) is 11.7 Å². The summed E-state index contributed by atoms with van der Waals surface area (Å²) in [6, 6.07) is 0. The average molecular weight is 197 g/mol. The maximum atomic E-state index is 5.26. The Labute approximate surface area is 85.3 Å². The Hall–Kier alpha value is -1.03. The molecule has 0 radical (unpaired) electrons. The molecule has 1 N–H and O–H groups in total. The van der Waals surface area contributed by atoms with Gasteiger partial charge in [0.05, 0.1) is 19.0 Å². The summed E-state index contributed by atoms with van der Waals surface area (Å²) in [4.78, 5) is 0. The number of rotatable bonds is 6.